The lowest BCUT2D eigenvalue weighted by atomic mass is 9.88. The maximum atomic E-state index is 6.30. The molecule has 0 aliphatic carbocycles. The van der Waals surface area contributed by atoms with Gasteiger partial charge in [-0.05, 0) is 74.8 Å². The highest BCUT2D eigenvalue weighted by Crippen LogP contribution is 2.43. The molecule has 10 rings (SSSR count). The Morgan fingerprint density at radius 2 is 0.960 bits per heavy atom. The first kappa shape index (κ1) is 28.6. The molecule has 234 valence electrons. The zero-order valence-corrected chi connectivity index (χ0v) is 27.7. The Hall–Kier alpha value is -6.36. The average Bonchev–Trinajstić information content (AvgIpc) is 3.77. The van der Waals surface area contributed by atoms with Crippen molar-refractivity contribution in [1.82, 2.24) is 9.97 Å². The van der Waals surface area contributed by atoms with E-state index in [4.69, 9.17) is 9.40 Å². The van der Waals surface area contributed by atoms with Gasteiger partial charge < -0.3 is 4.42 Å². The SMILES string of the molecule is c1cc(-c2ccccc2-c2ccccc2-c2cccc(-c3cccc4c3sc3ccccc34)c2)cc(-c2ncnc3c2oc2ccccc23)c1. The van der Waals surface area contributed by atoms with Gasteiger partial charge in [0, 0.05) is 31.1 Å². The predicted octanol–water partition coefficient (Wildman–Crippen LogP) is 13.1. The topological polar surface area (TPSA) is 38.9 Å². The molecule has 7 aromatic carbocycles. The lowest BCUT2D eigenvalue weighted by molar-refractivity contribution is 0.667. The maximum absolute atomic E-state index is 6.30. The van der Waals surface area contributed by atoms with E-state index >= 15 is 0 Å². The van der Waals surface area contributed by atoms with Crippen molar-refractivity contribution in [2.24, 2.45) is 0 Å². The first-order valence-electron chi connectivity index (χ1n) is 16.7. The number of hydrogen-bond acceptors (Lipinski definition) is 4. The Labute approximate surface area is 292 Å². The molecular formula is C46H28N2OS. The van der Waals surface area contributed by atoms with Crippen molar-refractivity contribution in [1.29, 1.82) is 0 Å². The van der Waals surface area contributed by atoms with Gasteiger partial charge in [0.05, 0.1) is 0 Å². The van der Waals surface area contributed by atoms with Gasteiger partial charge in [-0.2, -0.15) is 0 Å². The Balaban J connectivity index is 1.08. The number of furan rings is 1. The van der Waals surface area contributed by atoms with Crippen molar-refractivity contribution in [3.63, 3.8) is 0 Å². The summed E-state index contributed by atoms with van der Waals surface area (Å²) in [7, 11) is 0. The zero-order chi connectivity index (χ0) is 33.0. The molecule has 0 spiro atoms. The molecule has 50 heavy (non-hydrogen) atoms. The number of thiophene rings is 1. The predicted molar refractivity (Wildman–Crippen MR) is 209 cm³/mol. The fourth-order valence-electron chi connectivity index (χ4n) is 7.33. The number of aromatic nitrogens is 2. The van der Waals surface area contributed by atoms with Crippen LogP contribution in [0, 0.1) is 0 Å². The van der Waals surface area contributed by atoms with E-state index in [0.29, 0.717) is 5.58 Å². The number of benzene rings is 7. The van der Waals surface area contributed by atoms with Crippen LogP contribution in [0.3, 0.4) is 0 Å². The first-order chi connectivity index (χ1) is 24.8. The molecule has 0 aliphatic rings. The van der Waals surface area contributed by atoms with Crippen LogP contribution in [0.2, 0.25) is 0 Å². The van der Waals surface area contributed by atoms with E-state index in [-0.39, 0.29) is 0 Å². The largest absolute Gasteiger partial charge is 0.452 e. The van der Waals surface area contributed by atoms with E-state index in [0.717, 1.165) is 38.9 Å². The third-order valence-electron chi connectivity index (χ3n) is 9.64. The van der Waals surface area contributed by atoms with Crippen LogP contribution < -0.4 is 0 Å². The number of rotatable bonds is 5. The summed E-state index contributed by atoms with van der Waals surface area (Å²) in [5.41, 5.74) is 13.6. The summed E-state index contributed by atoms with van der Waals surface area (Å²) in [5.74, 6) is 0. The van der Waals surface area contributed by atoms with E-state index in [1.807, 2.05) is 35.6 Å². The van der Waals surface area contributed by atoms with Crippen LogP contribution in [0.4, 0.5) is 0 Å². The monoisotopic (exact) mass is 656 g/mol. The van der Waals surface area contributed by atoms with Crippen LogP contribution in [0.15, 0.2) is 175 Å². The molecule has 0 fully saturated rings. The Morgan fingerprint density at radius 1 is 0.420 bits per heavy atom. The van der Waals surface area contributed by atoms with Crippen LogP contribution in [0.5, 0.6) is 0 Å². The smallest absolute Gasteiger partial charge is 0.180 e. The van der Waals surface area contributed by atoms with E-state index in [1.165, 1.54) is 53.6 Å². The number of para-hydroxylation sites is 1. The molecule has 0 unspecified atom stereocenters. The van der Waals surface area contributed by atoms with Crippen LogP contribution >= 0.6 is 11.3 Å². The van der Waals surface area contributed by atoms with Crippen molar-refractivity contribution in [3.8, 4) is 55.8 Å². The molecule has 3 nitrogen and oxygen atoms in total. The van der Waals surface area contributed by atoms with Gasteiger partial charge in [0.25, 0.3) is 0 Å². The van der Waals surface area contributed by atoms with Gasteiger partial charge >= 0.3 is 0 Å². The molecule has 0 radical (unpaired) electrons. The second kappa shape index (κ2) is 11.7. The molecule has 0 saturated heterocycles. The number of fused-ring (bicyclic) bond motifs is 6. The highest BCUT2D eigenvalue weighted by atomic mass is 32.1. The number of hydrogen-bond donors (Lipinski definition) is 0. The third kappa shape index (κ3) is 4.65. The Bertz CT molecular complexity index is 2700. The molecular weight excluding hydrogens is 629 g/mol. The molecule has 10 aromatic rings. The van der Waals surface area contributed by atoms with Crippen LogP contribution in [-0.2, 0) is 0 Å². The van der Waals surface area contributed by atoms with Gasteiger partial charge in [-0.15, -0.1) is 11.3 Å². The Kier molecular flexibility index (Phi) is 6.68. The van der Waals surface area contributed by atoms with Crippen molar-refractivity contribution in [3.05, 3.63) is 170 Å². The molecule has 0 aliphatic heterocycles. The molecule has 3 heterocycles. The minimum Gasteiger partial charge on any atom is -0.452 e. The number of nitrogens with zero attached hydrogens (tertiary/aromatic N) is 2. The second-order valence-corrected chi connectivity index (χ2v) is 13.6. The molecule has 3 aromatic heterocycles. The zero-order valence-electron chi connectivity index (χ0n) is 26.9. The Morgan fingerprint density at radius 3 is 1.72 bits per heavy atom. The summed E-state index contributed by atoms with van der Waals surface area (Å²) >= 11 is 1.87. The molecule has 0 amide bonds. The van der Waals surface area contributed by atoms with Crippen molar-refractivity contribution in [2.75, 3.05) is 0 Å². The summed E-state index contributed by atoms with van der Waals surface area (Å²) in [6.45, 7) is 0. The fourth-order valence-corrected chi connectivity index (χ4v) is 8.57. The minimum atomic E-state index is 0.704. The van der Waals surface area contributed by atoms with Gasteiger partial charge in [-0.3, -0.25) is 0 Å². The lowest BCUT2D eigenvalue weighted by Gasteiger charge is -2.16. The van der Waals surface area contributed by atoms with Gasteiger partial charge in [0.2, 0.25) is 0 Å². The van der Waals surface area contributed by atoms with E-state index in [9.17, 15) is 0 Å². The summed E-state index contributed by atoms with van der Waals surface area (Å²) in [4.78, 5) is 9.28. The fraction of sp³-hybridized carbons (Fsp3) is 0. The highest BCUT2D eigenvalue weighted by molar-refractivity contribution is 7.26. The molecule has 0 atom stereocenters. The van der Waals surface area contributed by atoms with Crippen LogP contribution in [0.25, 0.3) is 98.0 Å². The van der Waals surface area contributed by atoms with Crippen molar-refractivity contribution < 1.29 is 4.42 Å². The lowest BCUT2D eigenvalue weighted by Crippen LogP contribution is -1.91. The summed E-state index contributed by atoms with van der Waals surface area (Å²) in [6, 6.07) is 58.4. The van der Waals surface area contributed by atoms with Gasteiger partial charge in [-0.1, -0.05) is 133 Å². The van der Waals surface area contributed by atoms with Crippen molar-refractivity contribution in [2.45, 2.75) is 0 Å². The molecule has 0 N–H and O–H groups in total. The summed E-state index contributed by atoms with van der Waals surface area (Å²) < 4.78 is 8.94. The quantitative estimate of drug-likeness (QED) is 0.185. The summed E-state index contributed by atoms with van der Waals surface area (Å²) in [6.07, 6.45) is 1.63. The third-order valence-corrected chi connectivity index (χ3v) is 10.9. The first-order valence-corrected chi connectivity index (χ1v) is 17.5. The van der Waals surface area contributed by atoms with Crippen LogP contribution in [0.1, 0.15) is 0 Å². The van der Waals surface area contributed by atoms with E-state index in [1.54, 1.807) is 6.33 Å². The molecule has 0 bridgehead atoms. The van der Waals surface area contributed by atoms with Gasteiger partial charge in [0.15, 0.2) is 5.58 Å². The van der Waals surface area contributed by atoms with Gasteiger partial charge in [-0.25, -0.2) is 9.97 Å². The highest BCUT2D eigenvalue weighted by Gasteiger charge is 2.17. The molecule has 0 saturated carbocycles. The maximum Gasteiger partial charge on any atom is 0.180 e. The minimum absolute atomic E-state index is 0.704. The molecule has 4 heteroatoms. The average molecular weight is 657 g/mol. The summed E-state index contributed by atoms with van der Waals surface area (Å²) in [5, 5.41) is 3.63. The van der Waals surface area contributed by atoms with E-state index in [2.05, 4.69) is 145 Å². The van der Waals surface area contributed by atoms with Gasteiger partial charge in [0.1, 0.15) is 23.1 Å². The normalized spacial score (nSPS) is 11.6. The van der Waals surface area contributed by atoms with Crippen LogP contribution in [-0.4, -0.2) is 9.97 Å². The van der Waals surface area contributed by atoms with E-state index < -0.39 is 0 Å². The van der Waals surface area contributed by atoms with Crippen molar-refractivity contribution >= 4 is 53.6 Å². The second-order valence-electron chi connectivity index (χ2n) is 12.5. The standard InChI is InChI=1S/C46H28N2OS/c1-3-18-36(33(16-1)29-12-9-14-31(26-29)35-22-11-23-39-38-20-6-8-25-42(38)50-46(35)39)37-19-4-2-17-34(37)30-13-10-15-32(27-30)43-45-44(48-28-47-43)40-21-5-7-24-41(40)49-45/h1-28H.